The summed E-state index contributed by atoms with van der Waals surface area (Å²) in [5.41, 5.74) is 9.16. The van der Waals surface area contributed by atoms with Gasteiger partial charge in [-0.25, -0.2) is 0 Å². The third-order valence-electron chi connectivity index (χ3n) is 3.33. The summed E-state index contributed by atoms with van der Waals surface area (Å²) < 4.78 is 5.78. The normalized spacial score (nSPS) is 10.5. The number of ether oxygens (including phenoxy) is 1. The maximum absolute atomic E-state index is 6.07. The first-order chi connectivity index (χ1) is 10.3. The lowest BCUT2D eigenvalue weighted by Crippen LogP contribution is -2.17. The molecule has 0 unspecified atom stereocenters. The van der Waals surface area contributed by atoms with Crippen molar-refractivity contribution in [2.45, 2.75) is 26.4 Å². The zero-order chi connectivity index (χ0) is 14.9. The number of hydrogen-bond acceptors (Lipinski definition) is 3. The van der Waals surface area contributed by atoms with Gasteiger partial charge in [-0.05, 0) is 49.2 Å². The van der Waals surface area contributed by atoms with Gasteiger partial charge in [0.05, 0.1) is 5.69 Å². The number of benzene rings is 2. The zero-order valence-corrected chi connectivity index (χ0v) is 12.6. The minimum Gasteiger partial charge on any atom is -0.487 e. The van der Waals surface area contributed by atoms with E-state index in [2.05, 4.69) is 18.3 Å². The molecule has 0 saturated heterocycles. The minimum absolute atomic E-state index is 0.544. The summed E-state index contributed by atoms with van der Waals surface area (Å²) in [5, 5.41) is 3.39. The van der Waals surface area contributed by atoms with Gasteiger partial charge in [0.1, 0.15) is 12.4 Å². The Bertz CT molecular complexity index is 540. The maximum Gasteiger partial charge on any atom is 0.142 e. The highest BCUT2D eigenvalue weighted by atomic mass is 16.5. The molecule has 0 aliphatic carbocycles. The summed E-state index contributed by atoms with van der Waals surface area (Å²) in [5.74, 6) is 0.754. The van der Waals surface area contributed by atoms with Crippen molar-refractivity contribution in [3.05, 3.63) is 59.7 Å². The standard InChI is InChI=1S/C18H24N2O/c1-2-11-20-12-10-15-8-9-18(17(19)13-15)21-14-16-6-4-3-5-7-16/h3-9,13,20H,2,10-12,14,19H2,1H3. The molecule has 0 atom stereocenters. The Hall–Kier alpha value is -2.00. The third kappa shape index (κ3) is 5.12. The highest BCUT2D eigenvalue weighted by Gasteiger charge is 2.03. The highest BCUT2D eigenvalue weighted by molar-refractivity contribution is 5.54. The van der Waals surface area contributed by atoms with E-state index < -0.39 is 0 Å². The molecule has 3 heteroatoms. The summed E-state index contributed by atoms with van der Waals surface area (Å²) in [7, 11) is 0. The van der Waals surface area contributed by atoms with Crippen LogP contribution >= 0.6 is 0 Å². The molecule has 0 radical (unpaired) electrons. The first kappa shape index (κ1) is 15.4. The molecule has 21 heavy (non-hydrogen) atoms. The average Bonchev–Trinajstić information content (AvgIpc) is 2.52. The molecule has 0 bridgehead atoms. The van der Waals surface area contributed by atoms with Crippen molar-refractivity contribution in [3.63, 3.8) is 0 Å². The zero-order valence-electron chi connectivity index (χ0n) is 12.6. The largest absolute Gasteiger partial charge is 0.487 e. The second-order valence-corrected chi connectivity index (χ2v) is 5.15. The molecule has 2 rings (SSSR count). The Labute approximate surface area is 127 Å². The van der Waals surface area contributed by atoms with Crippen LogP contribution in [0.15, 0.2) is 48.5 Å². The van der Waals surface area contributed by atoms with Crippen molar-refractivity contribution < 1.29 is 4.74 Å². The first-order valence-electron chi connectivity index (χ1n) is 7.55. The van der Waals surface area contributed by atoms with Gasteiger partial charge in [-0.1, -0.05) is 43.3 Å². The van der Waals surface area contributed by atoms with E-state index in [0.717, 1.165) is 37.2 Å². The van der Waals surface area contributed by atoms with Gasteiger partial charge in [0.15, 0.2) is 0 Å². The van der Waals surface area contributed by atoms with Gasteiger partial charge in [-0.15, -0.1) is 0 Å². The van der Waals surface area contributed by atoms with Gasteiger partial charge in [0.25, 0.3) is 0 Å². The third-order valence-corrected chi connectivity index (χ3v) is 3.33. The van der Waals surface area contributed by atoms with Crippen LogP contribution in [0.3, 0.4) is 0 Å². The Kier molecular flexibility index (Phi) is 6.10. The second-order valence-electron chi connectivity index (χ2n) is 5.15. The molecule has 0 aliphatic heterocycles. The van der Waals surface area contributed by atoms with Crippen molar-refractivity contribution in [3.8, 4) is 5.75 Å². The summed E-state index contributed by atoms with van der Waals surface area (Å²) >= 11 is 0. The monoisotopic (exact) mass is 284 g/mol. The lowest BCUT2D eigenvalue weighted by atomic mass is 10.1. The minimum atomic E-state index is 0.544. The molecule has 2 aromatic rings. The second kappa shape index (κ2) is 8.32. The average molecular weight is 284 g/mol. The summed E-state index contributed by atoms with van der Waals surface area (Å²) in [4.78, 5) is 0. The molecule has 0 amide bonds. The topological polar surface area (TPSA) is 47.3 Å². The lowest BCUT2D eigenvalue weighted by molar-refractivity contribution is 0.308. The Balaban J connectivity index is 1.87. The molecule has 0 aromatic heterocycles. The Morgan fingerprint density at radius 1 is 1.00 bits per heavy atom. The van der Waals surface area contributed by atoms with Gasteiger partial charge in [-0.3, -0.25) is 0 Å². The Morgan fingerprint density at radius 2 is 1.81 bits per heavy atom. The van der Waals surface area contributed by atoms with Gasteiger partial charge >= 0.3 is 0 Å². The van der Waals surface area contributed by atoms with Crippen molar-refractivity contribution in [1.82, 2.24) is 5.32 Å². The van der Waals surface area contributed by atoms with Crippen molar-refractivity contribution >= 4 is 5.69 Å². The van der Waals surface area contributed by atoms with Crippen molar-refractivity contribution in [1.29, 1.82) is 0 Å². The van der Waals surface area contributed by atoms with Crippen LogP contribution in [0.5, 0.6) is 5.75 Å². The van der Waals surface area contributed by atoms with E-state index in [-0.39, 0.29) is 0 Å². The van der Waals surface area contributed by atoms with Gasteiger partial charge in [0.2, 0.25) is 0 Å². The fourth-order valence-electron chi connectivity index (χ4n) is 2.15. The number of anilines is 1. The van der Waals surface area contributed by atoms with E-state index in [1.165, 1.54) is 5.56 Å². The van der Waals surface area contributed by atoms with Gasteiger partial charge in [0, 0.05) is 0 Å². The molecule has 0 saturated carbocycles. The molecule has 0 aliphatic rings. The first-order valence-corrected chi connectivity index (χ1v) is 7.55. The molecular weight excluding hydrogens is 260 g/mol. The molecule has 112 valence electrons. The Morgan fingerprint density at radius 3 is 2.52 bits per heavy atom. The van der Waals surface area contributed by atoms with Crippen LogP contribution in [0.25, 0.3) is 0 Å². The van der Waals surface area contributed by atoms with Crippen molar-refractivity contribution in [2.75, 3.05) is 18.8 Å². The number of nitrogen functional groups attached to an aromatic ring is 1. The van der Waals surface area contributed by atoms with Crippen LogP contribution in [-0.4, -0.2) is 13.1 Å². The maximum atomic E-state index is 6.07. The predicted octanol–water partition coefficient (Wildman–Crippen LogP) is 3.39. The number of hydrogen-bond donors (Lipinski definition) is 2. The van der Waals surface area contributed by atoms with Crippen LogP contribution in [0.2, 0.25) is 0 Å². The number of nitrogens with one attached hydrogen (secondary N) is 1. The van der Waals surface area contributed by atoms with Gasteiger partial charge < -0.3 is 15.8 Å². The molecule has 3 N–H and O–H groups in total. The highest BCUT2D eigenvalue weighted by Crippen LogP contribution is 2.23. The quantitative estimate of drug-likeness (QED) is 0.577. The molecule has 3 nitrogen and oxygen atoms in total. The fraction of sp³-hybridized carbons (Fsp3) is 0.333. The molecule has 0 spiro atoms. The fourth-order valence-corrected chi connectivity index (χ4v) is 2.15. The van der Waals surface area contributed by atoms with E-state index in [9.17, 15) is 0 Å². The van der Waals surface area contributed by atoms with Crippen LogP contribution < -0.4 is 15.8 Å². The van der Waals surface area contributed by atoms with Crippen LogP contribution in [0.4, 0.5) is 5.69 Å². The van der Waals surface area contributed by atoms with E-state index in [1.807, 2.05) is 42.5 Å². The molecule has 2 aromatic carbocycles. The van der Waals surface area contributed by atoms with E-state index in [4.69, 9.17) is 10.5 Å². The smallest absolute Gasteiger partial charge is 0.142 e. The molecular formula is C18H24N2O. The summed E-state index contributed by atoms with van der Waals surface area (Å²) in [6.45, 7) is 4.76. The number of nitrogens with two attached hydrogens (primary N) is 1. The molecule has 0 fully saturated rings. The van der Waals surface area contributed by atoms with Crippen molar-refractivity contribution in [2.24, 2.45) is 0 Å². The molecule has 0 heterocycles. The number of rotatable bonds is 8. The van der Waals surface area contributed by atoms with E-state index in [0.29, 0.717) is 12.3 Å². The van der Waals surface area contributed by atoms with Gasteiger partial charge in [-0.2, -0.15) is 0 Å². The summed E-state index contributed by atoms with van der Waals surface area (Å²) in [6.07, 6.45) is 2.15. The van der Waals surface area contributed by atoms with E-state index >= 15 is 0 Å². The summed E-state index contributed by atoms with van der Waals surface area (Å²) in [6, 6.07) is 16.2. The predicted molar refractivity (Wildman–Crippen MR) is 88.5 cm³/mol. The van der Waals surface area contributed by atoms with Crippen LogP contribution in [0.1, 0.15) is 24.5 Å². The lowest BCUT2D eigenvalue weighted by Gasteiger charge is -2.11. The SMILES string of the molecule is CCCNCCc1ccc(OCc2ccccc2)c(N)c1. The van der Waals surface area contributed by atoms with Crippen LogP contribution in [0, 0.1) is 0 Å². The van der Waals surface area contributed by atoms with Crippen LogP contribution in [-0.2, 0) is 13.0 Å². The van der Waals surface area contributed by atoms with E-state index in [1.54, 1.807) is 0 Å².